The zero-order valence-electron chi connectivity index (χ0n) is 15.9. The summed E-state index contributed by atoms with van der Waals surface area (Å²) in [5.41, 5.74) is 1.65. The van der Waals surface area contributed by atoms with Gasteiger partial charge in [0.25, 0.3) is 10.0 Å². The van der Waals surface area contributed by atoms with Crippen molar-refractivity contribution in [1.29, 1.82) is 0 Å². The van der Waals surface area contributed by atoms with Crippen LogP contribution in [0.3, 0.4) is 0 Å². The van der Waals surface area contributed by atoms with Gasteiger partial charge in [-0.05, 0) is 49.4 Å². The number of carbonyl (C=O) groups is 1. The molecule has 0 unspecified atom stereocenters. The van der Waals surface area contributed by atoms with Crippen molar-refractivity contribution in [3.63, 3.8) is 0 Å². The van der Waals surface area contributed by atoms with Crippen molar-refractivity contribution in [2.75, 3.05) is 17.9 Å². The summed E-state index contributed by atoms with van der Waals surface area (Å²) < 4.78 is 38.0. The third-order valence-corrected chi connectivity index (χ3v) is 5.41. The van der Waals surface area contributed by atoms with Gasteiger partial charge in [0.1, 0.15) is 19.0 Å². The molecule has 3 rings (SSSR count). The molecular weight excluding hydrogens is 390 g/mol. The second kappa shape index (κ2) is 9.25. The largest absolute Gasteiger partial charge is 0.490 e. The normalized spacial score (nSPS) is 10.9. The van der Waals surface area contributed by atoms with Gasteiger partial charge in [-0.1, -0.05) is 42.0 Å². The van der Waals surface area contributed by atoms with Gasteiger partial charge in [0, 0.05) is 5.69 Å². The summed E-state index contributed by atoms with van der Waals surface area (Å²) in [6.07, 6.45) is 0. The van der Waals surface area contributed by atoms with E-state index in [9.17, 15) is 13.2 Å². The minimum absolute atomic E-state index is 0.0761. The maximum absolute atomic E-state index is 12.4. The average molecular weight is 411 g/mol. The minimum Gasteiger partial charge on any atom is -0.490 e. The van der Waals surface area contributed by atoms with Crippen LogP contribution in [0.1, 0.15) is 15.9 Å². The molecule has 3 aromatic rings. The molecule has 0 aromatic heterocycles. The Morgan fingerprint density at radius 3 is 2.34 bits per heavy atom. The van der Waals surface area contributed by atoms with Crippen molar-refractivity contribution in [2.24, 2.45) is 0 Å². The fourth-order valence-corrected chi connectivity index (χ4v) is 3.61. The second-order valence-corrected chi connectivity index (χ2v) is 7.98. The number of esters is 1. The van der Waals surface area contributed by atoms with Crippen LogP contribution in [0.4, 0.5) is 5.69 Å². The van der Waals surface area contributed by atoms with E-state index in [1.807, 2.05) is 31.2 Å². The van der Waals surface area contributed by atoms with Crippen molar-refractivity contribution < 1.29 is 22.7 Å². The van der Waals surface area contributed by atoms with E-state index in [-0.39, 0.29) is 29.4 Å². The fraction of sp³-hybridized carbons (Fsp3) is 0.136. The first-order chi connectivity index (χ1) is 13.9. The molecule has 0 spiro atoms. The van der Waals surface area contributed by atoms with Gasteiger partial charge < -0.3 is 9.47 Å². The summed E-state index contributed by atoms with van der Waals surface area (Å²) in [6, 6.07) is 21.7. The van der Waals surface area contributed by atoms with Crippen molar-refractivity contribution in [1.82, 2.24) is 0 Å². The van der Waals surface area contributed by atoms with Crippen molar-refractivity contribution in [2.45, 2.75) is 11.8 Å². The van der Waals surface area contributed by atoms with Gasteiger partial charge in [0.15, 0.2) is 0 Å². The van der Waals surface area contributed by atoms with E-state index in [1.54, 1.807) is 36.4 Å². The van der Waals surface area contributed by atoms with Crippen molar-refractivity contribution >= 4 is 21.7 Å². The fourth-order valence-electron chi connectivity index (χ4n) is 2.54. The molecule has 3 aromatic carbocycles. The molecule has 29 heavy (non-hydrogen) atoms. The molecule has 0 radical (unpaired) electrons. The lowest BCUT2D eigenvalue weighted by Gasteiger charge is -2.10. The van der Waals surface area contributed by atoms with Gasteiger partial charge in [-0.2, -0.15) is 0 Å². The van der Waals surface area contributed by atoms with Crippen LogP contribution in [0.15, 0.2) is 83.8 Å². The van der Waals surface area contributed by atoms with Gasteiger partial charge >= 0.3 is 5.97 Å². The molecule has 7 heteroatoms. The highest BCUT2D eigenvalue weighted by Gasteiger charge is 2.15. The van der Waals surface area contributed by atoms with E-state index in [2.05, 4.69) is 4.72 Å². The summed E-state index contributed by atoms with van der Waals surface area (Å²) in [5.74, 6) is 0.141. The molecule has 0 bridgehead atoms. The van der Waals surface area contributed by atoms with Crippen LogP contribution in [0, 0.1) is 6.92 Å². The van der Waals surface area contributed by atoms with Crippen LogP contribution in [0.2, 0.25) is 0 Å². The Bertz CT molecular complexity index is 1060. The van der Waals surface area contributed by atoms with Crippen molar-refractivity contribution in [3.8, 4) is 5.75 Å². The van der Waals surface area contributed by atoms with Crippen LogP contribution < -0.4 is 9.46 Å². The zero-order chi connectivity index (χ0) is 20.7. The first-order valence-corrected chi connectivity index (χ1v) is 10.5. The molecule has 0 atom stereocenters. The summed E-state index contributed by atoms with van der Waals surface area (Å²) in [6.45, 7) is 2.28. The van der Waals surface area contributed by atoms with Crippen molar-refractivity contribution in [3.05, 3.63) is 90.0 Å². The zero-order valence-corrected chi connectivity index (χ0v) is 16.7. The number of sulfonamides is 1. The molecule has 6 nitrogen and oxygen atoms in total. The predicted octanol–water partition coefficient (Wildman–Crippen LogP) is 4.03. The second-order valence-electron chi connectivity index (χ2n) is 6.30. The number of rotatable bonds is 8. The standard InChI is InChI=1S/C22H21NO5S/c1-17-10-12-20(13-11-17)27-14-15-28-22(24)18-6-5-7-19(16-18)23-29(25,26)21-8-3-2-4-9-21/h2-13,16,23H,14-15H2,1H3. The Morgan fingerprint density at radius 1 is 0.897 bits per heavy atom. The quantitative estimate of drug-likeness (QED) is 0.447. The first kappa shape index (κ1) is 20.4. The predicted molar refractivity (Wildman–Crippen MR) is 111 cm³/mol. The molecule has 0 aliphatic carbocycles. The van der Waals surface area contributed by atoms with E-state index in [0.29, 0.717) is 5.75 Å². The summed E-state index contributed by atoms with van der Waals surface area (Å²) in [4.78, 5) is 12.4. The third-order valence-electron chi connectivity index (χ3n) is 4.01. The van der Waals surface area contributed by atoms with Gasteiger partial charge in [0.2, 0.25) is 0 Å². The van der Waals surface area contributed by atoms with Crippen LogP contribution >= 0.6 is 0 Å². The molecule has 150 valence electrons. The Labute approximate surface area is 170 Å². The topological polar surface area (TPSA) is 81.7 Å². The summed E-state index contributed by atoms with van der Waals surface area (Å²) >= 11 is 0. The number of hydrogen-bond acceptors (Lipinski definition) is 5. The van der Waals surface area contributed by atoms with Crippen LogP contribution in [-0.2, 0) is 14.8 Å². The molecule has 0 aliphatic heterocycles. The van der Waals surface area contributed by atoms with Crippen LogP contribution in [0.5, 0.6) is 5.75 Å². The Kier molecular flexibility index (Phi) is 6.51. The SMILES string of the molecule is Cc1ccc(OCCOC(=O)c2cccc(NS(=O)(=O)c3ccccc3)c2)cc1. The molecular formula is C22H21NO5S. The number of nitrogens with one attached hydrogen (secondary N) is 1. The molecule has 0 amide bonds. The van der Waals surface area contributed by atoms with E-state index >= 15 is 0 Å². The van der Waals surface area contributed by atoms with Gasteiger partial charge in [-0.25, -0.2) is 13.2 Å². The van der Waals surface area contributed by atoms with E-state index in [0.717, 1.165) is 5.56 Å². The van der Waals surface area contributed by atoms with E-state index < -0.39 is 16.0 Å². The molecule has 0 aliphatic rings. The lowest BCUT2D eigenvalue weighted by atomic mass is 10.2. The van der Waals surface area contributed by atoms with Crippen LogP contribution in [-0.4, -0.2) is 27.6 Å². The lowest BCUT2D eigenvalue weighted by molar-refractivity contribution is 0.0450. The van der Waals surface area contributed by atoms with E-state index in [4.69, 9.17) is 9.47 Å². The minimum atomic E-state index is -3.73. The molecule has 1 N–H and O–H groups in total. The van der Waals surface area contributed by atoms with Gasteiger partial charge in [0.05, 0.1) is 10.5 Å². The summed E-state index contributed by atoms with van der Waals surface area (Å²) in [5, 5.41) is 0. The number of carbonyl (C=O) groups excluding carboxylic acids is 1. The average Bonchev–Trinajstić information content (AvgIpc) is 2.73. The highest BCUT2D eigenvalue weighted by atomic mass is 32.2. The molecule has 0 heterocycles. The summed E-state index contributed by atoms with van der Waals surface area (Å²) in [7, 11) is -3.73. The molecule has 0 fully saturated rings. The highest BCUT2D eigenvalue weighted by molar-refractivity contribution is 7.92. The Balaban J connectivity index is 1.56. The number of anilines is 1. The number of hydrogen-bond donors (Lipinski definition) is 1. The van der Waals surface area contributed by atoms with E-state index in [1.165, 1.54) is 18.2 Å². The first-order valence-electron chi connectivity index (χ1n) is 8.98. The number of aryl methyl sites for hydroxylation is 1. The maximum atomic E-state index is 12.4. The van der Waals surface area contributed by atoms with Gasteiger partial charge in [-0.15, -0.1) is 0 Å². The molecule has 0 saturated carbocycles. The number of ether oxygens (including phenoxy) is 2. The van der Waals surface area contributed by atoms with Gasteiger partial charge in [-0.3, -0.25) is 4.72 Å². The molecule has 0 saturated heterocycles. The van der Waals surface area contributed by atoms with Crippen LogP contribution in [0.25, 0.3) is 0 Å². The Hall–Kier alpha value is -3.32. The third kappa shape index (κ3) is 5.83. The smallest absolute Gasteiger partial charge is 0.338 e. The lowest BCUT2D eigenvalue weighted by Crippen LogP contribution is -2.14. The Morgan fingerprint density at radius 2 is 1.62 bits per heavy atom. The maximum Gasteiger partial charge on any atom is 0.338 e. The highest BCUT2D eigenvalue weighted by Crippen LogP contribution is 2.17. The number of benzene rings is 3. The monoisotopic (exact) mass is 411 g/mol.